The van der Waals surface area contributed by atoms with Crippen molar-refractivity contribution in [1.82, 2.24) is 5.32 Å². The average molecular weight is 334 g/mol. The Morgan fingerprint density at radius 2 is 1.67 bits per heavy atom. The Labute approximate surface area is 145 Å². The molecule has 2 atom stereocenters. The number of urea groups is 1. The number of carbonyl (C=O) groups excluding carboxylic acids is 1. The zero-order valence-corrected chi connectivity index (χ0v) is 15.8. The van der Waals surface area contributed by atoms with E-state index in [1.807, 2.05) is 6.92 Å². The summed E-state index contributed by atoms with van der Waals surface area (Å²) in [7, 11) is 1.61. The maximum absolute atomic E-state index is 12.6. The number of hydrogen-bond donors (Lipinski definition) is 3. The fourth-order valence-electron chi connectivity index (χ4n) is 2.83. The molecular weight excluding hydrogens is 302 g/mol. The van der Waals surface area contributed by atoms with Crippen LogP contribution in [0.3, 0.4) is 0 Å². The summed E-state index contributed by atoms with van der Waals surface area (Å²) in [6.07, 6.45) is 2.47. The maximum atomic E-state index is 12.6. The molecule has 134 valence electrons. The molecule has 0 spiro atoms. The molecule has 1 aromatic carbocycles. The molecule has 0 aliphatic heterocycles. The third-order valence-corrected chi connectivity index (χ3v) is 4.76. The van der Waals surface area contributed by atoms with Crippen LogP contribution < -0.4 is 15.4 Å². The predicted octanol–water partition coefficient (Wildman–Crippen LogP) is 3.14. The first kappa shape index (κ1) is 20.0. The van der Waals surface area contributed by atoms with E-state index in [1.54, 1.807) is 11.9 Å². The predicted molar refractivity (Wildman–Crippen MR) is 98.8 cm³/mol. The number of anilines is 1. The number of amides is 2. The van der Waals surface area contributed by atoms with E-state index >= 15 is 0 Å². The highest BCUT2D eigenvalue weighted by Gasteiger charge is 2.34. The van der Waals surface area contributed by atoms with Crippen LogP contribution in [-0.4, -0.2) is 24.1 Å². The Balaban J connectivity index is 3.73. The van der Waals surface area contributed by atoms with E-state index in [2.05, 4.69) is 56.4 Å². The second-order valence-corrected chi connectivity index (χ2v) is 6.21. The first-order chi connectivity index (χ1) is 11.5. The molecule has 5 nitrogen and oxygen atoms in total. The first-order valence-corrected chi connectivity index (χ1v) is 8.87. The Kier molecular flexibility index (Phi) is 7.75. The van der Waals surface area contributed by atoms with Crippen LogP contribution in [0.25, 0.3) is 0 Å². The molecule has 24 heavy (non-hydrogen) atoms. The largest absolute Gasteiger partial charge is 0.413 e. The molecule has 0 aromatic heterocycles. The molecule has 1 rings (SSSR count). The van der Waals surface area contributed by atoms with Gasteiger partial charge in [0.1, 0.15) is 5.69 Å². The van der Waals surface area contributed by atoms with Crippen molar-refractivity contribution >= 4 is 17.6 Å². The second kappa shape index (κ2) is 9.30. The average Bonchev–Trinajstić information content (AvgIpc) is 2.63. The van der Waals surface area contributed by atoms with E-state index in [-0.39, 0.29) is 6.03 Å². The van der Waals surface area contributed by atoms with Gasteiger partial charge in [-0.2, -0.15) is 0 Å². The van der Waals surface area contributed by atoms with E-state index in [0.29, 0.717) is 24.1 Å². The van der Waals surface area contributed by atoms with Gasteiger partial charge in [0.25, 0.3) is 5.84 Å². The Hall–Kier alpha value is -2.04. The lowest BCUT2D eigenvalue weighted by Gasteiger charge is -2.25. The standard InChI is InChI=1S/C19H31N3O2/c1-7-13(4)15-11-10-12-16(14(5)8-2)18(15)22(19(23)20-6)17(9-3)21-24/h10-14,24H,7-9H2,1-6H3,(H,20,23)/p+1. The minimum absolute atomic E-state index is 0.256. The molecule has 0 aliphatic carbocycles. The van der Waals surface area contributed by atoms with Crippen LogP contribution in [-0.2, 0) is 0 Å². The molecule has 0 saturated carbocycles. The van der Waals surface area contributed by atoms with Gasteiger partial charge in [-0.25, -0.2) is 4.79 Å². The summed E-state index contributed by atoms with van der Waals surface area (Å²) < 4.78 is 0. The van der Waals surface area contributed by atoms with Gasteiger partial charge in [0.05, 0.1) is 6.42 Å². The van der Waals surface area contributed by atoms with E-state index in [9.17, 15) is 10.0 Å². The van der Waals surface area contributed by atoms with Crippen molar-refractivity contribution < 1.29 is 15.2 Å². The summed E-state index contributed by atoms with van der Waals surface area (Å²) >= 11 is 0. The van der Waals surface area contributed by atoms with Gasteiger partial charge in [-0.05, 0) is 24.7 Å². The van der Waals surface area contributed by atoms with Crippen molar-refractivity contribution in [2.24, 2.45) is 0 Å². The van der Waals surface area contributed by atoms with E-state index in [0.717, 1.165) is 29.7 Å². The molecule has 0 bridgehead atoms. The summed E-state index contributed by atoms with van der Waals surface area (Å²) in [5.74, 6) is 1.09. The normalized spacial score (nSPS) is 14.2. The van der Waals surface area contributed by atoms with Gasteiger partial charge in [-0.15, -0.1) is 4.90 Å². The van der Waals surface area contributed by atoms with Crippen molar-refractivity contribution in [3.05, 3.63) is 29.3 Å². The number of nitrogens with one attached hydrogen (secondary N) is 2. The molecule has 0 aliphatic rings. The van der Waals surface area contributed by atoms with E-state index in [1.165, 1.54) is 0 Å². The molecule has 5 heteroatoms. The third kappa shape index (κ3) is 4.08. The van der Waals surface area contributed by atoms with Crippen LogP contribution in [0.15, 0.2) is 18.2 Å². The van der Waals surface area contributed by atoms with Gasteiger partial charge in [-0.1, -0.05) is 58.0 Å². The number of carbonyl (C=O) groups is 1. The SMILES string of the molecule is CCC(=[NH+]O)N(C(=O)NC)c1c(C(C)CC)cccc1C(C)CC. The number of amidine groups is 1. The topological polar surface area (TPSA) is 66.5 Å². The molecule has 2 amide bonds. The lowest BCUT2D eigenvalue weighted by Crippen LogP contribution is -2.74. The number of rotatable bonds is 6. The molecular formula is C19H32N3O2+. The van der Waals surface area contributed by atoms with E-state index in [4.69, 9.17) is 0 Å². The lowest BCUT2D eigenvalue weighted by atomic mass is 9.88. The third-order valence-electron chi connectivity index (χ3n) is 4.76. The molecule has 0 heterocycles. The highest BCUT2D eigenvalue weighted by Crippen LogP contribution is 2.37. The Morgan fingerprint density at radius 1 is 1.17 bits per heavy atom. The quantitative estimate of drug-likeness (QED) is 0.324. The monoisotopic (exact) mass is 334 g/mol. The summed E-state index contributed by atoms with van der Waals surface area (Å²) in [6.45, 7) is 10.5. The van der Waals surface area contributed by atoms with Crippen molar-refractivity contribution in [1.29, 1.82) is 0 Å². The fraction of sp³-hybridized carbons (Fsp3) is 0.579. The van der Waals surface area contributed by atoms with E-state index < -0.39 is 0 Å². The molecule has 2 unspecified atom stereocenters. The smallest absolute Gasteiger partial charge is 0.357 e. The van der Waals surface area contributed by atoms with Gasteiger partial charge in [0, 0.05) is 18.2 Å². The summed E-state index contributed by atoms with van der Waals surface area (Å²) in [5, 5.41) is 14.5. The van der Waals surface area contributed by atoms with Crippen LogP contribution in [0.4, 0.5) is 10.5 Å². The summed E-state index contributed by atoms with van der Waals surface area (Å²) in [6, 6.07) is 5.96. The number of hydrogen-bond acceptors (Lipinski definition) is 2. The highest BCUT2D eigenvalue weighted by atomic mass is 16.4. The van der Waals surface area contributed by atoms with Crippen molar-refractivity contribution in [2.75, 3.05) is 11.9 Å². The lowest BCUT2D eigenvalue weighted by molar-refractivity contribution is -0.738. The van der Waals surface area contributed by atoms with Gasteiger partial charge in [0.2, 0.25) is 0 Å². The zero-order valence-electron chi connectivity index (χ0n) is 15.8. The Bertz CT molecular complexity index is 556. The van der Waals surface area contributed by atoms with Crippen molar-refractivity contribution in [3.63, 3.8) is 0 Å². The van der Waals surface area contributed by atoms with Gasteiger partial charge in [0.15, 0.2) is 0 Å². The van der Waals surface area contributed by atoms with Crippen LogP contribution in [0.2, 0.25) is 0 Å². The fourth-order valence-corrected chi connectivity index (χ4v) is 2.83. The minimum atomic E-state index is -0.256. The highest BCUT2D eigenvalue weighted by molar-refractivity contribution is 6.15. The van der Waals surface area contributed by atoms with Gasteiger partial charge >= 0.3 is 6.03 Å². The van der Waals surface area contributed by atoms with Crippen LogP contribution in [0.5, 0.6) is 0 Å². The Morgan fingerprint density at radius 3 is 2.00 bits per heavy atom. The molecule has 0 radical (unpaired) electrons. The number of benzene rings is 1. The molecule has 3 N–H and O–H groups in total. The number of nitrogens with zero attached hydrogens (tertiary/aromatic N) is 1. The summed E-state index contributed by atoms with van der Waals surface area (Å²) in [4.78, 5) is 14.2. The van der Waals surface area contributed by atoms with Crippen molar-refractivity contribution in [2.45, 2.75) is 65.7 Å². The van der Waals surface area contributed by atoms with Crippen LogP contribution in [0.1, 0.15) is 76.8 Å². The first-order valence-electron chi connectivity index (χ1n) is 8.87. The van der Waals surface area contributed by atoms with Gasteiger partial charge < -0.3 is 10.5 Å². The van der Waals surface area contributed by atoms with Crippen LogP contribution in [0, 0.1) is 0 Å². The second-order valence-electron chi connectivity index (χ2n) is 6.21. The minimum Gasteiger partial charge on any atom is -0.357 e. The number of para-hydroxylation sites is 1. The van der Waals surface area contributed by atoms with Crippen LogP contribution >= 0.6 is 0 Å². The summed E-state index contributed by atoms with van der Waals surface area (Å²) in [5.41, 5.74) is 3.14. The van der Waals surface area contributed by atoms with Gasteiger partial charge in [-0.3, -0.25) is 0 Å². The zero-order chi connectivity index (χ0) is 18.3. The maximum Gasteiger partial charge on any atom is 0.413 e. The molecule has 1 aromatic rings. The molecule has 0 saturated heterocycles. The van der Waals surface area contributed by atoms with Crippen molar-refractivity contribution in [3.8, 4) is 0 Å². The molecule has 0 fully saturated rings.